The Morgan fingerprint density at radius 3 is 1.00 bits per heavy atom. The van der Waals surface area contributed by atoms with Gasteiger partial charge in [-0.2, -0.15) is 0 Å². The highest BCUT2D eigenvalue weighted by Gasteiger charge is 2.15. The van der Waals surface area contributed by atoms with Crippen molar-refractivity contribution in [3.8, 4) is 11.4 Å². The van der Waals surface area contributed by atoms with E-state index in [9.17, 15) is 0 Å². The van der Waals surface area contributed by atoms with Gasteiger partial charge in [0, 0.05) is 50.0 Å². The van der Waals surface area contributed by atoms with E-state index in [1.807, 2.05) is 0 Å². The van der Waals surface area contributed by atoms with Crippen molar-refractivity contribution in [1.29, 1.82) is 0 Å². The van der Waals surface area contributed by atoms with Crippen LogP contribution in [0.25, 0.3) is 67.1 Å². The summed E-state index contributed by atoms with van der Waals surface area (Å²) in [4.78, 5) is 2.32. The predicted molar refractivity (Wildman–Crippen MR) is 225 cm³/mol. The summed E-state index contributed by atoms with van der Waals surface area (Å²) in [7, 11) is 0. The minimum absolute atomic E-state index is 1.10. The Kier molecular flexibility index (Phi) is 7.47. The topological polar surface area (TPSA) is 13.1 Å². The summed E-state index contributed by atoms with van der Waals surface area (Å²) in [6, 6.07) is 71.7. The van der Waals surface area contributed by atoms with Gasteiger partial charge in [0.1, 0.15) is 0 Å². The van der Waals surface area contributed by atoms with Crippen molar-refractivity contribution in [2.75, 3.05) is 4.90 Å². The Morgan fingerprint density at radius 2 is 0.585 bits per heavy atom. The summed E-state index contributed by atoms with van der Waals surface area (Å²) in [5.41, 5.74) is 12.8. The van der Waals surface area contributed by atoms with Crippen molar-refractivity contribution >= 4 is 72.8 Å². The normalized spacial score (nSPS) is 11.7. The molecule has 0 amide bonds. The van der Waals surface area contributed by atoms with Crippen LogP contribution < -0.4 is 4.90 Å². The van der Waals surface area contributed by atoms with Gasteiger partial charge in [-0.15, -0.1) is 0 Å². The zero-order valence-electron chi connectivity index (χ0n) is 29.0. The third-order valence-corrected chi connectivity index (χ3v) is 10.3. The van der Waals surface area contributed by atoms with E-state index in [1.54, 1.807) is 0 Å². The largest absolute Gasteiger partial charge is 0.311 e. The molecule has 8 aromatic carbocycles. The maximum Gasteiger partial charge on any atom is 0.0541 e. The summed E-state index contributed by atoms with van der Waals surface area (Å²) in [6.45, 7) is 0. The molecule has 53 heavy (non-hydrogen) atoms. The molecule has 0 atom stereocenters. The van der Waals surface area contributed by atoms with Gasteiger partial charge in [0.15, 0.2) is 0 Å². The Labute approximate surface area is 308 Å². The van der Waals surface area contributed by atoms with E-state index < -0.39 is 0 Å². The second kappa shape index (κ2) is 12.9. The van der Waals surface area contributed by atoms with Gasteiger partial charge in [0.2, 0.25) is 0 Å². The molecule has 0 unspecified atom stereocenters. The number of hydrogen-bond acceptors (Lipinski definition) is 1. The summed E-state index contributed by atoms with van der Waals surface area (Å²) in [5, 5.41) is 5.09. The van der Waals surface area contributed by atoms with E-state index in [0.717, 1.165) is 39.6 Å². The van der Waals surface area contributed by atoms with Gasteiger partial charge in [-0.3, -0.25) is 0 Å². The molecule has 0 fully saturated rings. The third-order valence-electron chi connectivity index (χ3n) is 10.3. The van der Waals surface area contributed by atoms with E-state index in [1.165, 1.54) is 43.6 Å². The van der Waals surface area contributed by atoms with Crippen molar-refractivity contribution in [3.63, 3.8) is 0 Å². The Balaban J connectivity index is 0.936. The molecule has 0 saturated heterocycles. The van der Waals surface area contributed by atoms with Crippen LogP contribution in [0.2, 0.25) is 0 Å². The van der Waals surface area contributed by atoms with Crippen LogP contribution in [0.4, 0.5) is 17.1 Å². The summed E-state index contributed by atoms with van der Waals surface area (Å²) < 4.78 is 4.72. The van der Waals surface area contributed by atoms with Crippen LogP contribution in [-0.4, -0.2) is 9.13 Å². The maximum absolute atomic E-state index is 2.36. The molecule has 3 heteroatoms. The standard InChI is InChI=1S/C50H35N3/c1-2-12-38(13-3-1)51(40-32-34-42(35-33-40)53-49-20-10-6-16-45(49)46-17-7-11-21-50(46)53)39-28-24-36(25-29-39)22-23-37-26-30-41(31-27-37)52-47-18-8-4-14-43(47)44-15-5-9-19-48(44)52/h1-35H/b23-22+. The number of benzene rings is 8. The first kappa shape index (κ1) is 30.7. The van der Waals surface area contributed by atoms with Crippen LogP contribution in [-0.2, 0) is 0 Å². The Bertz CT molecular complexity index is 2810. The fourth-order valence-corrected chi connectivity index (χ4v) is 7.84. The monoisotopic (exact) mass is 677 g/mol. The van der Waals surface area contributed by atoms with Gasteiger partial charge in [0.25, 0.3) is 0 Å². The van der Waals surface area contributed by atoms with Gasteiger partial charge in [-0.25, -0.2) is 0 Å². The maximum atomic E-state index is 2.36. The number of fused-ring (bicyclic) bond motifs is 6. The summed E-state index contributed by atoms with van der Waals surface area (Å²) in [6.07, 6.45) is 4.37. The highest BCUT2D eigenvalue weighted by Crippen LogP contribution is 2.37. The minimum Gasteiger partial charge on any atom is -0.311 e. The Morgan fingerprint density at radius 1 is 0.283 bits per heavy atom. The lowest BCUT2D eigenvalue weighted by molar-refractivity contribution is 1.17. The highest BCUT2D eigenvalue weighted by atomic mass is 15.1. The second-order valence-corrected chi connectivity index (χ2v) is 13.4. The number of aromatic nitrogens is 2. The summed E-state index contributed by atoms with van der Waals surface area (Å²) in [5.74, 6) is 0. The fourth-order valence-electron chi connectivity index (χ4n) is 7.84. The smallest absolute Gasteiger partial charge is 0.0541 e. The second-order valence-electron chi connectivity index (χ2n) is 13.4. The molecule has 0 aliphatic carbocycles. The van der Waals surface area contributed by atoms with Crippen LogP contribution in [0.1, 0.15) is 11.1 Å². The molecular formula is C50H35N3. The van der Waals surface area contributed by atoms with Crippen molar-refractivity contribution < 1.29 is 0 Å². The molecule has 2 heterocycles. The number of anilines is 3. The lowest BCUT2D eigenvalue weighted by Crippen LogP contribution is -2.10. The SMILES string of the molecule is C(=C\c1ccc(-n2c3ccccc3c3ccccc32)cc1)/c1ccc(N(c2ccccc2)c2ccc(-n3c4ccccc4c4ccccc43)cc2)cc1. The van der Waals surface area contributed by atoms with E-state index in [2.05, 4.69) is 226 Å². The van der Waals surface area contributed by atoms with Crippen molar-refractivity contribution in [3.05, 3.63) is 211 Å². The zero-order valence-corrected chi connectivity index (χ0v) is 29.0. The molecule has 2 aromatic heterocycles. The zero-order chi connectivity index (χ0) is 35.1. The quantitative estimate of drug-likeness (QED) is 0.153. The van der Waals surface area contributed by atoms with Gasteiger partial charge >= 0.3 is 0 Å². The Hall–Kier alpha value is -7.10. The molecule has 0 aliphatic heterocycles. The molecule has 0 N–H and O–H groups in total. The van der Waals surface area contributed by atoms with Crippen LogP contribution in [0.15, 0.2) is 200 Å². The molecule has 10 aromatic rings. The minimum atomic E-state index is 1.10. The summed E-state index contributed by atoms with van der Waals surface area (Å²) >= 11 is 0. The molecule has 250 valence electrons. The number of hydrogen-bond donors (Lipinski definition) is 0. The molecule has 0 saturated carbocycles. The average molecular weight is 678 g/mol. The number of para-hydroxylation sites is 5. The van der Waals surface area contributed by atoms with Gasteiger partial charge in [-0.05, 0) is 96.1 Å². The van der Waals surface area contributed by atoms with Crippen LogP contribution in [0.3, 0.4) is 0 Å². The van der Waals surface area contributed by atoms with Crippen LogP contribution in [0.5, 0.6) is 0 Å². The van der Waals surface area contributed by atoms with Gasteiger partial charge in [-0.1, -0.05) is 127 Å². The molecule has 3 nitrogen and oxygen atoms in total. The molecular weight excluding hydrogens is 643 g/mol. The van der Waals surface area contributed by atoms with Crippen molar-refractivity contribution in [2.45, 2.75) is 0 Å². The van der Waals surface area contributed by atoms with Crippen LogP contribution in [0, 0.1) is 0 Å². The van der Waals surface area contributed by atoms with Gasteiger partial charge in [0.05, 0.1) is 22.1 Å². The van der Waals surface area contributed by atoms with E-state index in [4.69, 9.17) is 0 Å². The lowest BCUT2D eigenvalue weighted by Gasteiger charge is -2.26. The van der Waals surface area contributed by atoms with E-state index in [-0.39, 0.29) is 0 Å². The lowest BCUT2D eigenvalue weighted by atomic mass is 10.1. The molecule has 0 radical (unpaired) electrons. The number of rotatable bonds is 7. The van der Waals surface area contributed by atoms with E-state index >= 15 is 0 Å². The van der Waals surface area contributed by atoms with Crippen molar-refractivity contribution in [1.82, 2.24) is 9.13 Å². The first-order chi connectivity index (χ1) is 26.3. The average Bonchev–Trinajstić information content (AvgIpc) is 3.75. The number of nitrogens with zero attached hydrogens (tertiary/aromatic N) is 3. The molecule has 10 rings (SSSR count). The highest BCUT2D eigenvalue weighted by molar-refractivity contribution is 6.10. The fraction of sp³-hybridized carbons (Fsp3) is 0. The first-order valence-electron chi connectivity index (χ1n) is 18.1. The predicted octanol–water partition coefficient (Wildman–Crippen LogP) is 13.5. The van der Waals surface area contributed by atoms with Gasteiger partial charge < -0.3 is 14.0 Å². The molecule has 0 aliphatic rings. The van der Waals surface area contributed by atoms with Crippen LogP contribution >= 0.6 is 0 Å². The first-order valence-corrected chi connectivity index (χ1v) is 18.1. The third kappa shape index (κ3) is 5.38. The molecule has 0 spiro atoms. The van der Waals surface area contributed by atoms with Crippen molar-refractivity contribution in [2.24, 2.45) is 0 Å². The molecule has 0 bridgehead atoms. The van der Waals surface area contributed by atoms with E-state index in [0.29, 0.717) is 0 Å².